The van der Waals surface area contributed by atoms with Gasteiger partial charge < -0.3 is 5.41 Å². The molecule has 1 aliphatic rings. The van der Waals surface area contributed by atoms with Crippen LogP contribution in [0.2, 0.25) is 0 Å². The summed E-state index contributed by atoms with van der Waals surface area (Å²) in [5.41, 5.74) is 4.93. The smallest absolute Gasteiger partial charge is 0.0252 e. The molecule has 0 aromatic rings. The van der Waals surface area contributed by atoms with Crippen molar-refractivity contribution in [3.05, 3.63) is 34.4 Å². The van der Waals surface area contributed by atoms with Gasteiger partial charge in [-0.1, -0.05) is 51.0 Å². The monoisotopic (exact) mass is 221 g/mol. The van der Waals surface area contributed by atoms with Gasteiger partial charge in [0.25, 0.3) is 0 Å². The van der Waals surface area contributed by atoms with Gasteiger partial charge in [-0.25, -0.2) is 0 Å². The van der Waals surface area contributed by atoms with Crippen LogP contribution in [0.1, 0.15) is 54.9 Å². The SMILES string of the molecule is CC.CC.CC1=CCC(C)=C(C)C=C1C=N. The third kappa shape index (κ3) is 5.69. The van der Waals surface area contributed by atoms with Crippen molar-refractivity contribution < 1.29 is 0 Å². The Morgan fingerprint density at radius 2 is 1.56 bits per heavy atom. The lowest BCUT2D eigenvalue weighted by Gasteiger charge is -1.98. The van der Waals surface area contributed by atoms with Crippen molar-refractivity contribution in [1.82, 2.24) is 0 Å². The molecule has 0 fully saturated rings. The average Bonchev–Trinajstić information content (AvgIpc) is 2.47. The van der Waals surface area contributed by atoms with Crippen molar-refractivity contribution in [2.45, 2.75) is 54.9 Å². The molecule has 1 N–H and O–H groups in total. The van der Waals surface area contributed by atoms with Crippen molar-refractivity contribution >= 4 is 6.21 Å². The fourth-order valence-electron chi connectivity index (χ4n) is 1.21. The first kappa shape index (κ1) is 17.3. The normalized spacial score (nSPS) is 14.4. The highest BCUT2D eigenvalue weighted by atomic mass is 14.3. The van der Waals surface area contributed by atoms with E-state index in [1.807, 2.05) is 27.7 Å². The van der Waals surface area contributed by atoms with E-state index in [-0.39, 0.29) is 0 Å². The number of hydrogen-bond donors (Lipinski definition) is 1. The molecule has 1 rings (SSSR count). The zero-order chi connectivity index (χ0) is 13.1. The Hall–Kier alpha value is -1.11. The molecule has 0 aromatic heterocycles. The molecule has 0 amide bonds. The topological polar surface area (TPSA) is 23.9 Å². The first-order valence-electron chi connectivity index (χ1n) is 6.21. The van der Waals surface area contributed by atoms with Crippen LogP contribution in [0.4, 0.5) is 0 Å². The summed E-state index contributed by atoms with van der Waals surface area (Å²) in [6.45, 7) is 14.3. The Bertz CT molecular complexity index is 291. The third-order valence-electron chi connectivity index (χ3n) is 2.37. The summed E-state index contributed by atoms with van der Waals surface area (Å²) in [4.78, 5) is 0. The maximum absolute atomic E-state index is 7.22. The van der Waals surface area contributed by atoms with E-state index >= 15 is 0 Å². The zero-order valence-corrected chi connectivity index (χ0v) is 11.9. The van der Waals surface area contributed by atoms with Crippen molar-refractivity contribution in [3.8, 4) is 0 Å². The van der Waals surface area contributed by atoms with Crippen LogP contribution in [0.25, 0.3) is 0 Å². The van der Waals surface area contributed by atoms with Gasteiger partial charge in [0.1, 0.15) is 0 Å². The molecule has 0 aliphatic heterocycles. The minimum absolute atomic E-state index is 1.02. The molecule has 0 saturated carbocycles. The summed E-state index contributed by atoms with van der Waals surface area (Å²) >= 11 is 0. The second kappa shape index (κ2) is 10.4. The molecule has 1 aliphatic carbocycles. The summed E-state index contributed by atoms with van der Waals surface area (Å²) in [6.07, 6.45) is 6.71. The summed E-state index contributed by atoms with van der Waals surface area (Å²) in [5, 5.41) is 7.22. The predicted molar refractivity (Wildman–Crippen MR) is 76.3 cm³/mol. The van der Waals surface area contributed by atoms with E-state index in [1.165, 1.54) is 22.9 Å². The van der Waals surface area contributed by atoms with Crippen LogP contribution in [-0.2, 0) is 0 Å². The molecule has 0 saturated heterocycles. The van der Waals surface area contributed by atoms with Gasteiger partial charge in [-0.05, 0) is 38.3 Å². The van der Waals surface area contributed by atoms with Crippen LogP contribution < -0.4 is 0 Å². The second-order valence-electron chi connectivity index (χ2n) is 3.30. The molecule has 0 atom stereocenters. The summed E-state index contributed by atoms with van der Waals surface area (Å²) < 4.78 is 0. The van der Waals surface area contributed by atoms with Crippen molar-refractivity contribution in [1.29, 1.82) is 5.41 Å². The Kier molecular flexibility index (Phi) is 11.2. The summed E-state index contributed by atoms with van der Waals surface area (Å²) in [7, 11) is 0. The van der Waals surface area contributed by atoms with Gasteiger partial charge in [-0.3, -0.25) is 0 Å². The van der Waals surface area contributed by atoms with Gasteiger partial charge in [-0.2, -0.15) is 0 Å². The molecular formula is C15H27N. The highest BCUT2D eigenvalue weighted by Gasteiger charge is 2.03. The number of hydrogen-bond acceptors (Lipinski definition) is 1. The lowest BCUT2D eigenvalue weighted by atomic mass is 10.1. The van der Waals surface area contributed by atoms with Crippen molar-refractivity contribution in [3.63, 3.8) is 0 Å². The van der Waals surface area contributed by atoms with Gasteiger partial charge in [0, 0.05) is 6.21 Å². The van der Waals surface area contributed by atoms with Gasteiger partial charge in [-0.15, -0.1) is 0 Å². The van der Waals surface area contributed by atoms with E-state index in [4.69, 9.17) is 5.41 Å². The highest BCUT2D eigenvalue weighted by Crippen LogP contribution is 2.20. The molecule has 0 aromatic carbocycles. The zero-order valence-electron chi connectivity index (χ0n) is 11.9. The number of nitrogens with one attached hydrogen (secondary N) is 1. The van der Waals surface area contributed by atoms with E-state index < -0.39 is 0 Å². The first-order chi connectivity index (χ1) is 7.65. The second-order valence-corrected chi connectivity index (χ2v) is 3.30. The molecule has 0 unspecified atom stereocenters. The summed E-state index contributed by atoms with van der Waals surface area (Å²) in [6, 6.07) is 0. The molecule has 0 heterocycles. The van der Waals surface area contributed by atoms with Crippen LogP contribution in [0.15, 0.2) is 34.4 Å². The maximum atomic E-state index is 7.22. The van der Waals surface area contributed by atoms with E-state index in [0.717, 1.165) is 12.0 Å². The van der Waals surface area contributed by atoms with Crippen LogP contribution in [-0.4, -0.2) is 6.21 Å². The Morgan fingerprint density at radius 3 is 2.00 bits per heavy atom. The van der Waals surface area contributed by atoms with Gasteiger partial charge in [0.05, 0.1) is 0 Å². The minimum atomic E-state index is 1.02. The summed E-state index contributed by atoms with van der Waals surface area (Å²) in [5.74, 6) is 0. The molecular weight excluding hydrogens is 194 g/mol. The maximum Gasteiger partial charge on any atom is 0.0252 e. The Labute approximate surface area is 101 Å². The highest BCUT2D eigenvalue weighted by molar-refractivity contribution is 5.83. The number of allylic oxidation sites excluding steroid dienone is 6. The standard InChI is InChI=1S/C11H15N.2C2H6/c1-8-4-5-9(2)11(7-12)6-10(8)3;2*1-2/h5-7,12H,4H2,1-3H3;2*1-2H3. The fourth-order valence-corrected chi connectivity index (χ4v) is 1.21. The predicted octanol–water partition coefficient (Wildman–Crippen LogP) is 5.30. The third-order valence-corrected chi connectivity index (χ3v) is 2.37. The van der Waals surface area contributed by atoms with Crippen molar-refractivity contribution in [2.75, 3.05) is 0 Å². The average molecular weight is 221 g/mol. The van der Waals surface area contributed by atoms with Gasteiger partial charge >= 0.3 is 0 Å². The molecule has 16 heavy (non-hydrogen) atoms. The van der Waals surface area contributed by atoms with E-state index in [2.05, 4.69) is 32.9 Å². The molecule has 1 heteroatoms. The van der Waals surface area contributed by atoms with Gasteiger partial charge in [0.15, 0.2) is 0 Å². The van der Waals surface area contributed by atoms with E-state index in [1.54, 1.807) is 0 Å². The van der Waals surface area contributed by atoms with Crippen LogP contribution in [0, 0.1) is 5.41 Å². The Balaban J connectivity index is 0. The minimum Gasteiger partial charge on any atom is -0.308 e. The van der Waals surface area contributed by atoms with Gasteiger partial charge in [0.2, 0.25) is 0 Å². The molecule has 0 spiro atoms. The quantitative estimate of drug-likeness (QED) is 0.581. The van der Waals surface area contributed by atoms with Crippen LogP contribution in [0.5, 0.6) is 0 Å². The molecule has 92 valence electrons. The molecule has 0 bridgehead atoms. The lowest BCUT2D eigenvalue weighted by Crippen LogP contribution is -1.85. The van der Waals surface area contributed by atoms with Crippen molar-refractivity contribution in [2.24, 2.45) is 0 Å². The van der Waals surface area contributed by atoms with E-state index in [9.17, 15) is 0 Å². The van der Waals surface area contributed by atoms with Crippen LogP contribution >= 0.6 is 0 Å². The number of rotatable bonds is 1. The first-order valence-corrected chi connectivity index (χ1v) is 6.21. The van der Waals surface area contributed by atoms with E-state index in [0.29, 0.717) is 0 Å². The largest absolute Gasteiger partial charge is 0.308 e. The lowest BCUT2D eigenvalue weighted by molar-refractivity contribution is 1.16. The molecule has 0 radical (unpaired) electrons. The molecule has 1 nitrogen and oxygen atoms in total. The van der Waals surface area contributed by atoms with Crippen LogP contribution in [0.3, 0.4) is 0 Å². The Morgan fingerprint density at radius 1 is 1.06 bits per heavy atom. The fraction of sp³-hybridized carbons (Fsp3) is 0.533.